The number of thiazole rings is 1. The second kappa shape index (κ2) is 4.52. The number of aryl methyl sites for hydroxylation is 1. The second-order valence-corrected chi connectivity index (χ2v) is 6.27. The Morgan fingerprint density at radius 3 is 3.06 bits per heavy atom. The smallest absolute Gasteiger partial charge is 0.124 e. The molecule has 4 heteroatoms. The lowest BCUT2D eigenvalue weighted by Gasteiger charge is -2.09. The summed E-state index contributed by atoms with van der Waals surface area (Å²) in [5.74, 6) is 0. The number of halogens is 1. The van der Waals surface area contributed by atoms with Crippen molar-refractivity contribution in [1.82, 2.24) is 10.3 Å². The van der Waals surface area contributed by atoms with Crippen LogP contribution in [0.15, 0.2) is 22.7 Å². The van der Waals surface area contributed by atoms with Gasteiger partial charge in [0.25, 0.3) is 0 Å². The summed E-state index contributed by atoms with van der Waals surface area (Å²) in [6.07, 6.45) is 1.06. The van der Waals surface area contributed by atoms with Gasteiger partial charge in [0.2, 0.25) is 0 Å². The summed E-state index contributed by atoms with van der Waals surface area (Å²) in [7, 11) is 0. The Bertz CT molecular complexity index is 539. The third-order valence-electron chi connectivity index (χ3n) is 3.02. The SMILES string of the molecule is Cc1cc(Br)ccc1-c1nc2c(s1)CNCC2. The minimum absolute atomic E-state index is 0.975. The molecule has 1 aliphatic heterocycles. The molecule has 2 nitrogen and oxygen atoms in total. The molecule has 0 radical (unpaired) electrons. The van der Waals surface area contributed by atoms with Crippen molar-refractivity contribution < 1.29 is 0 Å². The van der Waals surface area contributed by atoms with E-state index in [9.17, 15) is 0 Å². The number of hydrogen-bond acceptors (Lipinski definition) is 3. The molecule has 1 aromatic heterocycles. The molecule has 1 aromatic carbocycles. The van der Waals surface area contributed by atoms with Gasteiger partial charge in [-0.1, -0.05) is 22.0 Å². The number of fused-ring (bicyclic) bond motifs is 1. The summed E-state index contributed by atoms with van der Waals surface area (Å²) < 4.78 is 1.13. The number of nitrogens with one attached hydrogen (secondary N) is 1. The molecule has 88 valence electrons. The molecule has 17 heavy (non-hydrogen) atoms. The molecule has 0 aliphatic carbocycles. The average molecular weight is 309 g/mol. The van der Waals surface area contributed by atoms with Crippen LogP contribution in [-0.4, -0.2) is 11.5 Å². The third kappa shape index (κ3) is 2.17. The monoisotopic (exact) mass is 308 g/mol. The summed E-state index contributed by atoms with van der Waals surface area (Å²) in [5, 5.41) is 4.55. The third-order valence-corrected chi connectivity index (χ3v) is 4.65. The van der Waals surface area contributed by atoms with Gasteiger partial charge in [0, 0.05) is 34.4 Å². The fourth-order valence-corrected chi connectivity index (χ4v) is 3.75. The fraction of sp³-hybridized carbons (Fsp3) is 0.308. The van der Waals surface area contributed by atoms with Gasteiger partial charge >= 0.3 is 0 Å². The van der Waals surface area contributed by atoms with E-state index < -0.39 is 0 Å². The van der Waals surface area contributed by atoms with Gasteiger partial charge in [0.1, 0.15) is 5.01 Å². The Kier molecular flexibility index (Phi) is 3.03. The van der Waals surface area contributed by atoms with Gasteiger partial charge in [-0.2, -0.15) is 0 Å². The quantitative estimate of drug-likeness (QED) is 0.872. The van der Waals surface area contributed by atoms with Crippen molar-refractivity contribution in [3.05, 3.63) is 38.8 Å². The minimum Gasteiger partial charge on any atom is -0.311 e. The number of aromatic nitrogens is 1. The molecule has 0 fully saturated rings. The van der Waals surface area contributed by atoms with Crippen LogP contribution in [0.25, 0.3) is 10.6 Å². The summed E-state index contributed by atoms with van der Waals surface area (Å²) in [4.78, 5) is 6.17. The molecule has 2 heterocycles. The zero-order valence-corrected chi connectivity index (χ0v) is 12.0. The van der Waals surface area contributed by atoms with Crippen molar-refractivity contribution in [2.24, 2.45) is 0 Å². The number of hydrogen-bond donors (Lipinski definition) is 1. The van der Waals surface area contributed by atoms with Crippen LogP contribution < -0.4 is 5.32 Å². The van der Waals surface area contributed by atoms with E-state index in [0.29, 0.717) is 0 Å². The molecule has 0 atom stereocenters. The maximum absolute atomic E-state index is 4.77. The maximum Gasteiger partial charge on any atom is 0.124 e. The first-order valence-electron chi connectivity index (χ1n) is 5.70. The summed E-state index contributed by atoms with van der Waals surface area (Å²) in [6, 6.07) is 6.38. The van der Waals surface area contributed by atoms with Crippen LogP contribution in [0.4, 0.5) is 0 Å². The van der Waals surface area contributed by atoms with Crippen molar-refractivity contribution in [1.29, 1.82) is 0 Å². The van der Waals surface area contributed by atoms with Crippen LogP contribution in [0.1, 0.15) is 16.1 Å². The first-order valence-corrected chi connectivity index (χ1v) is 7.31. The largest absolute Gasteiger partial charge is 0.311 e. The van der Waals surface area contributed by atoms with E-state index >= 15 is 0 Å². The van der Waals surface area contributed by atoms with Gasteiger partial charge in [-0.25, -0.2) is 4.98 Å². The Hall–Kier alpha value is -0.710. The summed E-state index contributed by atoms with van der Waals surface area (Å²) in [5.41, 5.74) is 3.82. The summed E-state index contributed by atoms with van der Waals surface area (Å²) in [6.45, 7) is 4.16. The predicted octanol–water partition coefficient (Wildman–Crippen LogP) is 3.53. The topological polar surface area (TPSA) is 24.9 Å². The van der Waals surface area contributed by atoms with Gasteiger partial charge in [0.15, 0.2) is 0 Å². The van der Waals surface area contributed by atoms with E-state index in [1.807, 2.05) is 11.3 Å². The molecule has 0 bridgehead atoms. The Morgan fingerprint density at radius 2 is 2.29 bits per heavy atom. The molecule has 0 saturated carbocycles. The first kappa shape index (κ1) is 11.4. The van der Waals surface area contributed by atoms with Crippen molar-refractivity contribution in [2.45, 2.75) is 19.9 Å². The molecule has 0 spiro atoms. The first-order chi connectivity index (χ1) is 8.24. The molecule has 1 aliphatic rings. The Morgan fingerprint density at radius 1 is 1.41 bits per heavy atom. The van der Waals surface area contributed by atoms with Gasteiger partial charge in [-0.05, 0) is 24.6 Å². The fourth-order valence-electron chi connectivity index (χ4n) is 2.11. The van der Waals surface area contributed by atoms with E-state index in [1.165, 1.54) is 21.7 Å². The van der Waals surface area contributed by atoms with E-state index in [0.717, 1.165) is 29.0 Å². The standard InChI is InChI=1S/C13H13BrN2S/c1-8-6-9(14)2-3-10(8)13-16-11-4-5-15-7-12(11)17-13/h2-3,6,15H,4-5,7H2,1H3. The average Bonchev–Trinajstić information content (AvgIpc) is 2.72. The highest BCUT2D eigenvalue weighted by atomic mass is 79.9. The number of benzene rings is 1. The molecule has 0 saturated heterocycles. The number of nitrogens with zero attached hydrogens (tertiary/aromatic N) is 1. The Balaban J connectivity index is 2.06. The molecule has 0 unspecified atom stereocenters. The van der Waals surface area contributed by atoms with Crippen molar-refractivity contribution in [3.63, 3.8) is 0 Å². The van der Waals surface area contributed by atoms with E-state index in [4.69, 9.17) is 4.98 Å². The highest BCUT2D eigenvalue weighted by Gasteiger charge is 2.16. The zero-order valence-electron chi connectivity index (χ0n) is 9.59. The zero-order chi connectivity index (χ0) is 11.8. The Labute approximate surface area is 113 Å². The van der Waals surface area contributed by atoms with Crippen LogP contribution >= 0.6 is 27.3 Å². The highest BCUT2D eigenvalue weighted by molar-refractivity contribution is 9.10. The lowest BCUT2D eigenvalue weighted by molar-refractivity contribution is 0.644. The lowest BCUT2D eigenvalue weighted by Crippen LogP contribution is -2.22. The minimum atomic E-state index is 0.975. The van der Waals surface area contributed by atoms with E-state index in [1.54, 1.807) is 0 Å². The van der Waals surface area contributed by atoms with Crippen LogP contribution in [0.5, 0.6) is 0 Å². The van der Waals surface area contributed by atoms with Gasteiger partial charge in [-0.15, -0.1) is 11.3 Å². The maximum atomic E-state index is 4.77. The van der Waals surface area contributed by atoms with Gasteiger partial charge < -0.3 is 5.32 Å². The van der Waals surface area contributed by atoms with Crippen molar-refractivity contribution >= 4 is 27.3 Å². The van der Waals surface area contributed by atoms with Gasteiger partial charge in [0.05, 0.1) is 5.69 Å². The normalized spacial score (nSPS) is 14.7. The molecular weight excluding hydrogens is 296 g/mol. The van der Waals surface area contributed by atoms with Crippen LogP contribution in [0.2, 0.25) is 0 Å². The molecular formula is C13H13BrN2S. The van der Waals surface area contributed by atoms with Crippen LogP contribution in [0.3, 0.4) is 0 Å². The lowest BCUT2D eigenvalue weighted by atomic mass is 10.1. The molecule has 2 aromatic rings. The van der Waals surface area contributed by atoms with E-state index in [2.05, 4.69) is 46.4 Å². The summed E-state index contributed by atoms with van der Waals surface area (Å²) >= 11 is 5.32. The molecule has 1 N–H and O–H groups in total. The number of rotatable bonds is 1. The highest BCUT2D eigenvalue weighted by Crippen LogP contribution is 2.32. The predicted molar refractivity (Wildman–Crippen MR) is 75.4 cm³/mol. The molecule has 3 rings (SSSR count). The van der Waals surface area contributed by atoms with E-state index in [-0.39, 0.29) is 0 Å². The second-order valence-electron chi connectivity index (χ2n) is 4.27. The van der Waals surface area contributed by atoms with Crippen molar-refractivity contribution in [2.75, 3.05) is 6.54 Å². The van der Waals surface area contributed by atoms with Crippen LogP contribution in [0, 0.1) is 6.92 Å². The van der Waals surface area contributed by atoms with Gasteiger partial charge in [-0.3, -0.25) is 0 Å². The van der Waals surface area contributed by atoms with Crippen molar-refractivity contribution in [3.8, 4) is 10.6 Å². The van der Waals surface area contributed by atoms with Crippen LogP contribution in [-0.2, 0) is 13.0 Å². The molecule has 0 amide bonds.